The smallest absolute Gasteiger partial charge is 0.0524 e. The second kappa shape index (κ2) is 14.4. The first-order valence-electron chi connectivity index (χ1n) is 15.8. The Morgan fingerprint density at radius 1 is 0.891 bits per heavy atom. The predicted molar refractivity (Wildman–Crippen MR) is 199 cm³/mol. The monoisotopic (exact) mass is 597 g/mol. The molecule has 0 aliphatic heterocycles. The second-order valence-corrected chi connectivity index (χ2v) is 11.4. The van der Waals surface area contributed by atoms with Gasteiger partial charge in [0, 0.05) is 47.8 Å². The van der Waals surface area contributed by atoms with E-state index in [1.807, 2.05) is 25.4 Å². The van der Waals surface area contributed by atoms with Crippen LogP contribution >= 0.6 is 0 Å². The molecule has 1 heterocycles. The summed E-state index contributed by atoms with van der Waals surface area (Å²) in [7, 11) is 0. The minimum atomic E-state index is 0.755. The molecule has 3 nitrogen and oxygen atoms in total. The number of hydrogen-bond acceptors (Lipinski definition) is 2. The van der Waals surface area contributed by atoms with E-state index in [1.165, 1.54) is 22.4 Å². The number of allylic oxidation sites excluding steroid dienone is 11. The molecule has 0 atom stereocenters. The van der Waals surface area contributed by atoms with Crippen molar-refractivity contribution in [1.29, 1.82) is 0 Å². The molecular formula is C43H39N3. The van der Waals surface area contributed by atoms with Crippen molar-refractivity contribution < 1.29 is 0 Å². The minimum absolute atomic E-state index is 0.755. The summed E-state index contributed by atoms with van der Waals surface area (Å²) >= 11 is 0. The predicted octanol–water partition coefficient (Wildman–Crippen LogP) is 11.2. The van der Waals surface area contributed by atoms with Crippen molar-refractivity contribution in [3.8, 4) is 5.69 Å². The lowest BCUT2D eigenvalue weighted by Crippen LogP contribution is -2.18. The largest absolute Gasteiger partial charge is 0.317 e. The van der Waals surface area contributed by atoms with E-state index in [1.54, 1.807) is 0 Å². The van der Waals surface area contributed by atoms with E-state index in [-0.39, 0.29) is 0 Å². The number of anilines is 2. The molecule has 0 radical (unpaired) electrons. The molecule has 46 heavy (non-hydrogen) atoms. The van der Waals surface area contributed by atoms with Gasteiger partial charge in [-0.25, -0.2) is 0 Å². The van der Waals surface area contributed by atoms with E-state index in [2.05, 4.69) is 174 Å². The molecule has 6 rings (SSSR count). The zero-order valence-electron chi connectivity index (χ0n) is 26.6. The summed E-state index contributed by atoms with van der Waals surface area (Å²) in [5.41, 5.74) is 12.9. The number of rotatable bonds is 10. The number of nitrogens with zero attached hydrogens (tertiary/aromatic N) is 3. The Bertz CT molecular complexity index is 1950. The molecule has 0 unspecified atom stereocenters. The summed E-state index contributed by atoms with van der Waals surface area (Å²) < 4.78 is 2.20. The van der Waals surface area contributed by atoms with Gasteiger partial charge in [0.05, 0.1) is 5.69 Å². The Hall–Kier alpha value is -5.67. The molecular weight excluding hydrogens is 558 g/mol. The molecule has 2 aliphatic carbocycles. The van der Waals surface area contributed by atoms with Crippen molar-refractivity contribution in [3.63, 3.8) is 0 Å². The third-order valence-electron chi connectivity index (χ3n) is 8.24. The van der Waals surface area contributed by atoms with Crippen LogP contribution in [0.3, 0.4) is 0 Å². The van der Waals surface area contributed by atoms with Crippen LogP contribution in [0.5, 0.6) is 0 Å². The van der Waals surface area contributed by atoms with Crippen molar-refractivity contribution in [1.82, 2.24) is 4.57 Å². The van der Waals surface area contributed by atoms with Gasteiger partial charge in [-0.2, -0.15) is 0 Å². The minimum Gasteiger partial charge on any atom is -0.317 e. The number of para-hydroxylation sites is 1. The highest BCUT2D eigenvalue weighted by molar-refractivity contribution is 5.74. The zero-order chi connectivity index (χ0) is 31.7. The summed E-state index contributed by atoms with van der Waals surface area (Å²) in [6.45, 7) is 8.11. The number of fused-ring (bicyclic) bond motifs is 2. The number of benzene rings is 3. The highest BCUT2D eigenvalue weighted by atomic mass is 15.1. The number of hydrogen-bond donors (Lipinski definition) is 0. The van der Waals surface area contributed by atoms with Crippen molar-refractivity contribution in [2.24, 2.45) is 4.99 Å². The first-order valence-corrected chi connectivity index (χ1v) is 15.8. The van der Waals surface area contributed by atoms with Crippen LogP contribution in [-0.2, 0) is 6.42 Å². The standard InChI is InChI=1S/C43H39N3/c1-4-13-42-36(5-2)27-29-45(42)41-20-12-17-37(31-41)33(3)32-44-28-26-34-22-24-40(25-23-34)46(39-18-7-6-8-19-39)43-21-11-15-35-14-9-10-16-38(43)30-35/h4-25,27-29,31-32H,2,26,30H2,1,3H3/b13-4-,33-32+,44-28?. The normalized spacial score (nSPS) is 14.6. The third kappa shape index (κ3) is 6.85. The maximum Gasteiger partial charge on any atom is 0.0524 e. The van der Waals surface area contributed by atoms with Crippen LogP contribution in [0.4, 0.5) is 11.4 Å². The second-order valence-electron chi connectivity index (χ2n) is 11.4. The number of aromatic nitrogens is 1. The maximum absolute atomic E-state index is 4.68. The van der Waals surface area contributed by atoms with Crippen LogP contribution in [0.15, 0.2) is 174 Å². The van der Waals surface area contributed by atoms with Gasteiger partial charge in [0.2, 0.25) is 0 Å². The summed E-state index contributed by atoms with van der Waals surface area (Å²) in [6.07, 6.45) is 29.0. The van der Waals surface area contributed by atoms with E-state index in [0.29, 0.717) is 0 Å². The molecule has 4 aromatic rings. The Morgan fingerprint density at radius 3 is 2.50 bits per heavy atom. The van der Waals surface area contributed by atoms with Crippen LogP contribution < -0.4 is 4.90 Å². The van der Waals surface area contributed by atoms with Gasteiger partial charge in [-0.15, -0.1) is 0 Å². The van der Waals surface area contributed by atoms with Crippen LogP contribution in [0.25, 0.3) is 23.4 Å². The van der Waals surface area contributed by atoms with E-state index in [4.69, 9.17) is 0 Å². The molecule has 0 spiro atoms. The Labute approximate surface area is 273 Å². The molecule has 0 fully saturated rings. The highest BCUT2D eigenvalue weighted by Gasteiger charge is 2.20. The van der Waals surface area contributed by atoms with Gasteiger partial charge in [-0.3, -0.25) is 4.99 Å². The van der Waals surface area contributed by atoms with E-state index in [0.717, 1.165) is 52.3 Å². The topological polar surface area (TPSA) is 20.5 Å². The SMILES string of the molecule is C=Cc1ccn(-c2cccc(/C(C)=C/N=CCc3ccc(N(C4=CC=CC5=CC=CC=C4C5)c4ccccc4)cc3)c2)c1/C=C\C. The molecule has 1 aromatic heterocycles. The number of aliphatic imine (C=N–C) groups is 1. The van der Waals surface area contributed by atoms with Crippen LogP contribution in [-0.4, -0.2) is 10.8 Å². The molecule has 0 saturated carbocycles. The summed E-state index contributed by atoms with van der Waals surface area (Å²) in [5, 5.41) is 0. The van der Waals surface area contributed by atoms with Crippen LogP contribution in [0.1, 0.15) is 42.7 Å². The fourth-order valence-corrected chi connectivity index (χ4v) is 5.84. The maximum atomic E-state index is 4.68. The molecule has 0 amide bonds. The van der Waals surface area contributed by atoms with Crippen LogP contribution in [0, 0.1) is 0 Å². The van der Waals surface area contributed by atoms with Crippen molar-refractivity contribution in [3.05, 3.63) is 192 Å². The van der Waals surface area contributed by atoms with Crippen molar-refractivity contribution in [2.75, 3.05) is 4.90 Å². The van der Waals surface area contributed by atoms with E-state index in [9.17, 15) is 0 Å². The Kier molecular flexibility index (Phi) is 9.51. The van der Waals surface area contributed by atoms with Crippen molar-refractivity contribution in [2.45, 2.75) is 26.7 Å². The van der Waals surface area contributed by atoms with Gasteiger partial charge < -0.3 is 9.47 Å². The van der Waals surface area contributed by atoms with E-state index < -0.39 is 0 Å². The fraction of sp³-hybridized carbons (Fsp3) is 0.0930. The van der Waals surface area contributed by atoms with Gasteiger partial charge in [-0.05, 0) is 108 Å². The average molecular weight is 598 g/mol. The first-order chi connectivity index (χ1) is 22.6. The summed E-state index contributed by atoms with van der Waals surface area (Å²) in [4.78, 5) is 7.03. The van der Waals surface area contributed by atoms with Crippen LogP contribution in [0.2, 0.25) is 0 Å². The quantitative estimate of drug-likeness (QED) is 0.167. The molecule has 2 bridgehead atoms. The summed E-state index contributed by atoms with van der Waals surface area (Å²) in [6, 6.07) is 30.1. The molecule has 226 valence electrons. The van der Waals surface area contributed by atoms with Gasteiger partial charge in [0.15, 0.2) is 0 Å². The molecule has 0 N–H and O–H groups in total. The average Bonchev–Trinajstić information content (AvgIpc) is 3.22. The lowest BCUT2D eigenvalue weighted by molar-refractivity contribution is 1.06. The zero-order valence-corrected chi connectivity index (χ0v) is 26.6. The lowest BCUT2D eigenvalue weighted by Gasteiger charge is -2.29. The molecule has 3 aromatic carbocycles. The highest BCUT2D eigenvalue weighted by Crippen LogP contribution is 2.37. The third-order valence-corrected chi connectivity index (χ3v) is 8.24. The van der Waals surface area contributed by atoms with Gasteiger partial charge in [0.25, 0.3) is 0 Å². The van der Waals surface area contributed by atoms with Crippen molar-refractivity contribution >= 4 is 35.3 Å². The molecule has 2 aliphatic rings. The first kappa shape index (κ1) is 30.4. The van der Waals surface area contributed by atoms with Gasteiger partial charge in [0.1, 0.15) is 0 Å². The lowest BCUT2D eigenvalue weighted by atomic mass is 10.0. The summed E-state index contributed by atoms with van der Waals surface area (Å²) in [5.74, 6) is 0. The van der Waals surface area contributed by atoms with Gasteiger partial charge >= 0.3 is 0 Å². The molecule has 3 heteroatoms. The molecule has 0 saturated heterocycles. The fourth-order valence-electron chi connectivity index (χ4n) is 5.84. The Balaban J connectivity index is 1.18. The van der Waals surface area contributed by atoms with E-state index >= 15 is 0 Å². The Morgan fingerprint density at radius 2 is 1.70 bits per heavy atom. The van der Waals surface area contributed by atoms with Gasteiger partial charge in [-0.1, -0.05) is 97.7 Å².